The maximum absolute atomic E-state index is 13.5. The van der Waals surface area contributed by atoms with Crippen LogP contribution in [0.5, 0.6) is 5.75 Å². The van der Waals surface area contributed by atoms with Crippen LogP contribution in [0.25, 0.3) is 5.69 Å². The van der Waals surface area contributed by atoms with Crippen molar-refractivity contribution in [2.75, 3.05) is 17.7 Å². The Balaban J connectivity index is 1.54. The fourth-order valence-electron chi connectivity index (χ4n) is 3.65. The van der Waals surface area contributed by atoms with Crippen molar-refractivity contribution in [2.45, 2.75) is 24.8 Å². The Bertz CT molecular complexity index is 1550. The standard InChI is InChI=1S/C27H22Cl2F3N5O3S/c1-2-40-20-9-7-18(8-10-20)34-24(38)15-41-26-36-35-23(14-33-25(39)21-11-6-17(28)13-22(21)29)37(26)19-5-3-4-16(12-19)27(30,31)32/h3-13H,2,14-15H2,1H3,(H,33,39)(H,34,38). The molecule has 14 heteroatoms. The lowest BCUT2D eigenvalue weighted by Gasteiger charge is -2.14. The highest BCUT2D eigenvalue weighted by molar-refractivity contribution is 7.99. The third-order valence-electron chi connectivity index (χ3n) is 5.50. The average Bonchev–Trinajstić information content (AvgIpc) is 3.34. The van der Waals surface area contributed by atoms with Gasteiger partial charge in [0.2, 0.25) is 5.91 Å². The molecule has 0 aliphatic rings. The van der Waals surface area contributed by atoms with Crippen molar-refractivity contribution in [3.63, 3.8) is 0 Å². The van der Waals surface area contributed by atoms with E-state index in [1.54, 1.807) is 24.3 Å². The van der Waals surface area contributed by atoms with Crippen LogP contribution in [0.3, 0.4) is 0 Å². The first kappa shape index (κ1) is 30.2. The number of nitrogens with zero attached hydrogens (tertiary/aromatic N) is 3. The summed E-state index contributed by atoms with van der Waals surface area (Å²) in [5.74, 6) is -0.236. The summed E-state index contributed by atoms with van der Waals surface area (Å²) >= 11 is 13.0. The first-order valence-corrected chi connectivity index (χ1v) is 13.8. The molecule has 0 spiro atoms. The van der Waals surface area contributed by atoms with E-state index in [1.807, 2.05) is 6.92 Å². The Hall–Kier alpha value is -3.74. The Labute approximate surface area is 247 Å². The SMILES string of the molecule is CCOc1ccc(NC(=O)CSc2nnc(CNC(=O)c3ccc(Cl)cc3Cl)n2-c2cccc(C(F)(F)F)c2)cc1. The van der Waals surface area contributed by atoms with Gasteiger partial charge in [-0.2, -0.15) is 13.2 Å². The van der Waals surface area contributed by atoms with E-state index in [0.29, 0.717) is 23.1 Å². The van der Waals surface area contributed by atoms with Gasteiger partial charge in [0, 0.05) is 10.7 Å². The predicted octanol–water partition coefficient (Wildman–Crippen LogP) is 6.65. The topological polar surface area (TPSA) is 98.1 Å². The number of nitrogens with one attached hydrogen (secondary N) is 2. The van der Waals surface area contributed by atoms with Crippen LogP contribution in [0.2, 0.25) is 10.0 Å². The fraction of sp³-hybridized carbons (Fsp3) is 0.185. The highest BCUT2D eigenvalue weighted by Gasteiger charge is 2.31. The maximum atomic E-state index is 13.5. The van der Waals surface area contributed by atoms with Crippen LogP contribution < -0.4 is 15.4 Å². The van der Waals surface area contributed by atoms with Crippen LogP contribution in [0.15, 0.2) is 71.9 Å². The molecule has 41 heavy (non-hydrogen) atoms. The summed E-state index contributed by atoms with van der Waals surface area (Å²) < 4.78 is 47.1. The molecule has 2 amide bonds. The molecule has 0 atom stereocenters. The Morgan fingerprint density at radius 1 is 1.02 bits per heavy atom. The van der Waals surface area contributed by atoms with Gasteiger partial charge in [-0.25, -0.2) is 0 Å². The van der Waals surface area contributed by atoms with Crippen molar-refractivity contribution in [3.8, 4) is 11.4 Å². The third kappa shape index (κ3) is 7.93. The molecule has 1 heterocycles. The number of alkyl halides is 3. The number of amides is 2. The summed E-state index contributed by atoms with van der Waals surface area (Å²) in [5.41, 5.74) is -0.0757. The minimum Gasteiger partial charge on any atom is -0.494 e. The normalized spacial score (nSPS) is 11.3. The Morgan fingerprint density at radius 2 is 1.78 bits per heavy atom. The summed E-state index contributed by atoms with van der Waals surface area (Å²) in [6.45, 7) is 2.18. The van der Waals surface area contributed by atoms with Crippen LogP contribution >= 0.6 is 35.0 Å². The van der Waals surface area contributed by atoms with E-state index in [4.69, 9.17) is 27.9 Å². The lowest BCUT2D eigenvalue weighted by Crippen LogP contribution is -2.25. The van der Waals surface area contributed by atoms with Crippen molar-refractivity contribution >= 4 is 52.5 Å². The van der Waals surface area contributed by atoms with E-state index in [-0.39, 0.29) is 45.5 Å². The number of carbonyl (C=O) groups excluding carboxylic acids is 2. The molecule has 8 nitrogen and oxygen atoms in total. The summed E-state index contributed by atoms with van der Waals surface area (Å²) in [6.07, 6.45) is -4.59. The van der Waals surface area contributed by atoms with Gasteiger partial charge in [-0.1, -0.05) is 41.0 Å². The largest absolute Gasteiger partial charge is 0.494 e. The van der Waals surface area contributed by atoms with Crippen LogP contribution in [0.4, 0.5) is 18.9 Å². The van der Waals surface area contributed by atoms with Gasteiger partial charge in [0.25, 0.3) is 5.91 Å². The molecular formula is C27H22Cl2F3N5O3S. The smallest absolute Gasteiger partial charge is 0.416 e. The number of hydrogen-bond donors (Lipinski definition) is 2. The Morgan fingerprint density at radius 3 is 2.46 bits per heavy atom. The molecule has 214 valence electrons. The summed E-state index contributed by atoms with van der Waals surface area (Å²) in [7, 11) is 0. The quantitative estimate of drug-likeness (QED) is 0.192. The third-order valence-corrected chi connectivity index (χ3v) is 6.97. The van der Waals surface area contributed by atoms with Gasteiger partial charge < -0.3 is 15.4 Å². The maximum Gasteiger partial charge on any atom is 0.416 e. The van der Waals surface area contributed by atoms with Crippen LogP contribution in [-0.2, 0) is 17.5 Å². The number of benzene rings is 3. The lowest BCUT2D eigenvalue weighted by atomic mass is 10.2. The zero-order valence-electron chi connectivity index (χ0n) is 21.3. The first-order valence-electron chi connectivity index (χ1n) is 12.1. The van der Waals surface area contributed by atoms with E-state index in [9.17, 15) is 22.8 Å². The van der Waals surface area contributed by atoms with Crippen LogP contribution in [-0.4, -0.2) is 38.9 Å². The predicted molar refractivity (Wildman–Crippen MR) is 151 cm³/mol. The summed E-state index contributed by atoms with van der Waals surface area (Å²) in [5, 5.41) is 14.2. The monoisotopic (exact) mass is 623 g/mol. The number of carbonyl (C=O) groups is 2. The van der Waals surface area contributed by atoms with Gasteiger partial charge in [-0.05, 0) is 67.6 Å². The van der Waals surface area contributed by atoms with E-state index < -0.39 is 17.6 Å². The van der Waals surface area contributed by atoms with Gasteiger partial charge >= 0.3 is 6.18 Å². The molecule has 2 N–H and O–H groups in total. The summed E-state index contributed by atoms with van der Waals surface area (Å²) in [6, 6.07) is 15.7. The van der Waals surface area contributed by atoms with Crippen molar-refractivity contribution in [2.24, 2.45) is 0 Å². The van der Waals surface area contributed by atoms with Gasteiger partial charge in [0.1, 0.15) is 5.75 Å². The molecule has 0 saturated carbocycles. The van der Waals surface area contributed by atoms with E-state index >= 15 is 0 Å². The highest BCUT2D eigenvalue weighted by atomic mass is 35.5. The molecule has 0 aliphatic heterocycles. The molecule has 0 unspecified atom stereocenters. The number of rotatable bonds is 10. The molecule has 4 aromatic rings. The van der Waals surface area contributed by atoms with Gasteiger partial charge in [0.15, 0.2) is 11.0 Å². The molecule has 0 saturated heterocycles. The molecule has 3 aromatic carbocycles. The summed E-state index contributed by atoms with van der Waals surface area (Å²) in [4.78, 5) is 25.3. The fourth-order valence-corrected chi connectivity index (χ4v) is 4.91. The lowest BCUT2D eigenvalue weighted by molar-refractivity contribution is -0.137. The zero-order chi connectivity index (χ0) is 29.6. The van der Waals surface area contributed by atoms with Crippen LogP contribution in [0, 0.1) is 0 Å². The van der Waals surface area contributed by atoms with Crippen molar-refractivity contribution in [1.82, 2.24) is 20.1 Å². The van der Waals surface area contributed by atoms with E-state index in [2.05, 4.69) is 20.8 Å². The van der Waals surface area contributed by atoms with E-state index in [0.717, 1.165) is 23.9 Å². The average molecular weight is 624 g/mol. The second-order valence-electron chi connectivity index (χ2n) is 8.38. The van der Waals surface area contributed by atoms with Crippen LogP contribution in [0.1, 0.15) is 28.7 Å². The molecule has 0 aliphatic carbocycles. The second kappa shape index (κ2) is 13.3. The van der Waals surface area contributed by atoms with Crippen molar-refractivity contribution in [1.29, 1.82) is 0 Å². The van der Waals surface area contributed by atoms with Crippen molar-refractivity contribution < 1.29 is 27.5 Å². The minimum absolute atomic E-state index is 0.105. The zero-order valence-corrected chi connectivity index (χ0v) is 23.7. The number of aromatic nitrogens is 3. The molecule has 0 radical (unpaired) electrons. The van der Waals surface area contributed by atoms with E-state index in [1.165, 1.54) is 34.9 Å². The number of ether oxygens (including phenoxy) is 1. The number of hydrogen-bond acceptors (Lipinski definition) is 6. The second-order valence-corrected chi connectivity index (χ2v) is 10.2. The molecular weight excluding hydrogens is 602 g/mol. The van der Waals surface area contributed by atoms with Gasteiger partial charge in [-0.15, -0.1) is 10.2 Å². The molecule has 0 bridgehead atoms. The van der Waals surface area contributed by atoms with Crippen molar-refractivity contribution in [3.05, 3.63) is 93.7 Å². The molecule has 0 fully saturated rings. The number of anilines is 1. The number of thioether (sulfide) groups is 1. The minimum atomic E-state index is -4.59. The Kier molecular flexibility index (Phi) is 9.79. The molecule has 1 aromatic heterocycles. The number of halogens is 5. The first-order chi connectivity index (χ1) is 19.5. The van der Waals surface area contributed by atoms with Gasteiger partial charge in [-0.3, -0.25) is 14.2 Å². The highest BCUT2D eigenvalue weighted by Crippen LogP contribution is 2.32. The van der Waals surface area contributed by atoms with Gasteiger partial charge in [0.05, 0.1) is 40.7 Å². The molecule has 4 rings (SSSR count).